The Morgan fingerprint density at radius 2 is 1.88 bits per heavy atom. The minimum Gasteiger partial charge on any atom is -0.323 e. The average molecular weight is 259 g/mol. The van der Waals surface area contributed by atoms with Gasteiger partial charge in [-0.1, -0.05) is 32.0 Å². The highest BCUT2D eigenvalue weighted by atomic mass is 32.2. The molecule has 17 heavy (non-hydrogen) atoms. The van der Waals surface area contributed by atoms with E-state index in [2.05, 4.69) is 0 Å². The zero-order valence-corrected chi connectivity index (χ0v) is 10.9. The van der Waals surface area contributed by atoms with Crippen molar-refractivity contribution in [2.45, 2.75) is 31.6 Å². The van der Waals surface area contributed by atoms with E-state index in [1.54, 1.807) is 26.0 Å². The molecule has 96 valence electrons. The van der Waals surface area contributed by atoms with Gasteiger partial charge in [0.15, 0.2) is 9.84 Å². The molecule has 5 heteroatoms. The van der Waals surface area contributed by atoms with E-state index in [9.17, 15) is 12.8 Å². The molecular weight excluding hydrogens is 241 g/mol. The lowest BCUT2D eigenvalue weighted by Crippen LogP contribution is -2.34. The summed E-state index contributed by atoms with van der Waals surface area (Å²) in [6.45, 7) is 3.32. The molecule has 0 aliphatic carbocycles. The van der Waals surface area contributed by atoms with Crippen LogP contribution in [-0.2, 0) is 9.84 Å². The van der Waals surface area contributed by atoms with Crippen molar-refractivity contribution in [3.8, 4) is 0 Å². The van der Waals surface area contributed by atoms with Crippen molar-refractivity contribution >= 4 is 9.84 Å². The first-order chi connectivity index (χ1) is 7.94. The minimum atomic E-state index is -3.27. The molecule has 0 heterocycles. The second-order valence-electron chi connectivity index (χ2n) is 3.95. The van der Waals surface area contributed by atoms with Gasteiger partial charge < -0.3 is 5.73 Å². The summed E-state index contributed by atoms with van der Waals surface area (Å²) in [5.41, 5.74) is 6.15. The molecule has 0 radical (unpaired) electrons. The van der Waals surface area contributed by atoms with Gasteiger partial charge in [-0.25, -0.2) is 12.8 Å². The molecule has 0 aliphatic rings. The number of nitrogens with two attached hydrogens (primary N) is 1. The van der Waals surface area contributed by atoms with Gasteiger partial charge in [0.25, 0.3) is 0 Å². The van der Waals surface area contributed by atoms with Crippen LogP contribution >= 0.6 is 0 Å². The van der Waals surface area contributed by atoms with Crippen molar-refractivity contribution in [2.24, 2.45) is 5.73 Å². The zero-order chi connectivity index (χ0) is 13.1. The molecule has 0 bridgehead atoms. The van der Waals surface area contributed by atoms with Crippen LogP contribution in [0, 0.1) is 5.82 Å². The quantitative estimate of drug-likeness (QED) is 0.880. The Kier molecular flexibility index (Phi) is 4.65. The minimum absolute atomic E-state index is 0.0215. The van der Waals surface area contributed by atoms with Gasteiger partial charge in [0, 0.05) is 17.4 Å². The molecule has 0 saturated heterocycles. The van der Waals surface area contributed by atoms with Gasteiger partial charge in [-0.05, 0) is 12.5 Å². The molecule has 0 amide bonds. The lowest BCUT2D eigenvalue weighted by molar-refractivity contribution is 0.529. The smallest absolute Gasteiger partial charge is 0.154 e. The largest absolute Gasteiger partial charge is 0.323 e. The normalized spacial score (nSPS) is 15.5. The van der Waals surface area contributed by atoms with E-state index >= 15 is 0 Å². The first-order valence-corrected chi connectivity index (χ1v) is 7.37. The Balaban J connectivity index is 3.11. The lowest BCUT2D eigenvalue weighted by Gasteiger charge is -2.22. The van der Waals surface area contributed by atoms with Crippen molar-refractivity contribution < 1.29 is 12.8 Å². The van der Waals surface area contributed by atoms with Gasteiger partial charge in [-0.2, -0.15) is 0 Å². The fraction of sp³-hybridized carbons (Fsp3) is 0.500. The second-order valence-corrected chi connectivity index (χ2v) is 6.45. The van der Waals surface area contributed by atoms with Crippen LogP contribution in [0.4, 0.5) is 4.39 Å². The number of halogens is 1. The Morgan fingerprint density at radius 3 is 2.35 bits per heavy atom. The summed E-state index contributed by atoms with van der Waals surface area (Å²) < 4.78 is 37.3. The average Bonchev–Trinajstić information content (AvgIpc) is 2.30. The maximum atomic E-state index is 13.6. The molecule has 2 atom stereocenters. The van der Waals surface area contributed by atoms with Crippen molar-refractivity contribution in [1.29, 1.82) is 0 Å². The summed E-state index contributed by atoms with van der Waals surface area (Å²) in [7, 11) is -3.27. The third-order valence-electron chi connectivity index (χ3n) is 2.93. The third-order valence-corrected chi connectivity index (χ3v) is 5.28. The molecular formula is C12H18FNO2S. The topological polar surface area (TPSA) is 60.2 Å². The molecule has 0 fully saturated rings. The van der Waals surface area contributed by atoms with Crippen LogP contribution in [0.5, 0.6) is 0 Å². The summed E-state index contributed by atoms with van der Waals surface area (Å²) >= 11 is 0. The lowest BCUT2D eigenvalue weighted by atomic mass is 10.0. The molecule has 1 aromatic carbocycles. The van der Waals surface area contributed by atoms with Crippen molar-refractivity contribution in [2.75, 3.05) is 5.75 Å². The molecule has 2 N–H and O–H groups in total. The predicted octanol–water partition coefficient (Wildman–Crippen LogP) is 2.04. The Hall–Kier alpha value is -0.940. The highest BCUT2D eigenvalue weighted by Crippen LogP contribution is 2.24. The molecule has 0 spiro atoms. The van der Waals surface area contributed by atoms with Crippen LogP contribution in [-0.4, -0.2) is 19.4 Å². The highest BCUT2D eigenvalue weighted by Gasteiger charge is 2.30. The van der Waals surface area contributed by atoms with E-state index in [4.69, 9.17) is 5.73 Å². The van der Waals surface area contributed by atoms with E-state index < -0.39 is 26.9 Å². The van der Waals surface area contributed by atoms with Crippen molar-refractivity contribution in [1.82, 2.24) is 0 Å². The predicted molar refractivity (Wildman–Crippen MR) is 66.9 cm³/mol. The van der Waals surface area contributed by atoms with Gasteiger partial charge >= 0.3 is 0 Å². The number of benzene rings is 1. The first-order valence-electron chi connectivity index (χ1n) is 5.65. The Morgan fingerprint density at radius 1 is 1.29 bits per heavy atom. The molecule has 0 saturated carbocycles. The summed E-state index contributed by atoms with van der Waals surface area (Å²) in [6, 6.07) is 5.23. The Labute approximate surface area is 102 Å². The standard InChI is InChI=1S/C12H18FNO2S/c1-3-11(17(15,16)4-2)12(14)9-7-5-6-8-10(9)13/h5-8,11-12H,3-4,14H2,1-2H3/t11-,12-/m0/s1. The number of hydrogen-bond donors (Lipinski definition) is 1. The van der Waals surface area contributed by atoms with Crippen LogP contribution in [0.15, 0.2) is 24.3 Å². The fourth-order valence-electron chi connectivity index (χ4n) is 1.89. The molecule has 1 rings (SSSR count). The number of hydrogen-bond acceptors (Lipinski definition) is 3. The van der Waals surface area contributed by atoms with Crippen molar-refractivity contribution in [3.63, 3.8) is 0 Å². The van der Waals surface area contributed by atoms with Gasteiger partial charge in [0.05, 0.1) is 5.25 Å². The second kappa shape index (κ2) is 5.60. The van der Waals surface area contributed by atoms with Gasteiger partial charge in [-0.3, -0.25) is 0 Å². The third kappa shape index (κ3) is 3.04. The van der Waals surface area contributed by atoms with E-state index in [0.29, 0.717) is 6.42 Å². The fourth-order valence-corrected chi connectivity index (χ4v) is 3.42. The first kappa shape index (κ1) is 14.1. The molecule has 0 aliphatic heterocycles. The van der Waals surface area contributed by atoms with Crippen LogP contribution in [0.25, 0.3) is 0 Å². The monoisotopic (exact) mass is 259 g/mol. The highest BCUT2D eigenvalue weighted by molar-refractivity contribution is 7.92. The zero-order valence-electron chi connectivity index (χ0n) is 10.1. The SMILES string of the molecule is CC[C@@H]([C@@H](N)c1ccccc1F)S(=O)(=O)CC. The van der Waals surface area contributed by atoms with Gasteiger partial charge in [-0.15, -0.1) is 0 Å². The van der Waals surface area contributed by atoms with Crippen LogP contribution in [0.2, 0.25) is 0 Å². The van der Waals surface area contributed by atoms with Crippen LogP contribution < -0.4 is 5.73 Å². The van der Waals surface area contributed by atoms with E-state index in [0.717, 1.165) is 0 Å². The number of rotatable bonds is 5. The van der Waals surface area contributed by atoms with Gasteiger partial charge in [0.2, 0.25) is 0 Å². The Bertz CT molecular complexity index is 473. The maximum Gasteiger partial charge on any atom is 0.154 e. The molecule has 0 aromatic heterocycles. The van der Waals surface area contributed by atoms with E-state index in [1.165, 1.54) is 12.1 Å². The number of sulfone groups is 1. The van der Waals surface area contributed by atoms with Crippen molar-refractivity contribution in [3.05, 3.63) is 35.6 Å². The van der Waals surface area contributed by atoms with Crippen LogP contribution in [0.1, 0.15) is 31.9 Å². The van der Waals surface area contributed by atoms with E-state index in [1.807, 2.05) is 0 Å². The molecule has 3 nitrogen and oxygen atoms in total. The molecule has 0 unspecified atom stereocenters. The summed E-state index contributed by atoms with van der Waals surface area (Å²) in [6.07, 6.45) is 0.381. The van der Waals surface area contributed by atoms with E-state index in [-0.39, 0.29) is 11.3 Å². The summed E-state index contributed by atoms with van der Waals surface area (Å²) in [5.74, 6) is -0.432. The molecule has 1 aromatic rings. The summed E-state index contributed by atoms with van der Waals surface area (Å²) in [5, 5.41) is -0.732. The summed E-state index contributed by atoms with van der Waals surface area (Å²) in [4.78, 5) is 0. The van der Waals surface area contributed by atoms with Gasteiger partial charge in [0.1, 0.15) is 5.82 Å². The van der Waals surface area contributed by atoms with Crippen LogP contribution in [0.3, 0.4) is 0 Å². The maximum absolute atomic E-state index is 13.6.